The zero-order chi connectivity index (χ0) is 17.7. The van der Waals surface area contributed by atoms with Gasteiger partial charge in [-0.2, -0.15) is 4.39 Å². The van der Waals surface area contributed by atoms with Crippen molar-refractivity contribution in [3.63, 3.8) is 0 Å². The van der Waals surface area contributed by atoms with Crippen molar-refractivity contribution in [2.45, 2.75) is 18.8 Å². The summed E-state index contributed by atoms with van der Waals surface area (Å²) in [6.07, 6.45) is 1.74. The molecule has 5 nitrogen and oxygen atoms in total. The number of hydrogen-bond donors (Lipinski definition) is 1. The number of carbonyl (C=O) groups is 1. The Morgan fingerprint density at radius 3 is 2.68 bits per heavy atom. The topological polar surface area (TPSA) is 56.5 Å². The zero-order valence-electron chi connectivity index (χ0n) is 12.5. The summed E-state index contributed by atoms with van der Waals surface area (Å²) >= 11 is 6.65. The first-order valence-electron chi connectivity index (χ1n) is 7.39. The van der Waals surface area contributed by atoms with Gasteiger partial charge in [0.2, 0.25) is 11.7 Å². The number of aromatic nitrogens is 3. The molecule has 0 aliphatic heterocycles. The average molecular weight is 426 g/mol. The Bertz CT molecular complexity index is 1020. The predicted octanol–water partition coefficient (Wildman–Crippen LogP) is 4.32. The van der Waals surface area contributed by atoms with Crippen LogP contribution in [0.1, 0.15) is 34.9 Å². The maximum absolute atomic E-state index is 15.0. The Labute approximate surface area is 154 Å². The third kappa shape index (κ3) is 2.81. The van der Waals surface area contributed by atoms with Gasteiger partial charge in [-0.3, -0.25) is 4.40 Å². The lowest BCUT2D eigenvalue weighted by Gasteiger charge is -2.06. The molecular formula is C16H10BrF2N3O2S. The summed E-state index contributed by atoms with van der Waals surface area (Å²) in [7, 11) is 0. The molecule has 9 heteroatoms. The van der Waals surface area contributed by atoms with Crippen molar-refractivity contribution in [3.8, 4) is 11.3 Å². The molecule has 0 saturated heterocycles. The van der Waals surface area contributed by atoms with Gasteiger partial charge >= 0.3 is 5.97 Å². The lowest BCUT2D eigenvalue weighted by Crippen LogP contribution is -2.08. The van der Waals surface area contributed by atoms with Gasteiger partial charge in [0, 0.05) is 28.6 Å². The highest BCUT2D eigenvalue weighted by Gasteiger charge is 2.31. The van der Waals surface area contributed by atoms with Crippen molar-refractivity contribution in [2.75, 3.05) is 0 Å². The number of hydrogen-bond acceptors (Lipinski definition) is 5. The van der Waals surface area contributed by atoms with E-state index in [0.29, 0.717) is 10.2 Å². The molecule has 0 atom stereocenters. The van der Waals surface area contributed by atoms with Gasteiger partial charge in [0.15, 0.2) is 5.69 Å². The van der Waals surface area contributed by atoms with E-state index in [-0.39, 0.29) is 28.6 Å². The fourth-order valence-electron chi connectivity index (χ4n) is 2.72. The van der Waals surface area contributed by atoms with Crippen LogP contribution in [0.25, 0.3) is 17.0 Å². The summed E-state index contributed by atoms with van der Waals surface area (Å²) in [6, 6.07) is 5.73. The molecule has 3 aromatic rings. The molecule has 0 bridgehead atoms. The maximum atomic E-state index is 15.0. The minimum Gasteiger partial charge on any atom is -0.390 e. The van der Waals surface area contributed by atoms with Crippen LogP contribution in [0.5, 0.6) is 0 Å². The summed E-state index contributed by atoms with van der Waals surface area (Å²) in [4.78, 5) is 19.9. The second kappa shape index (κ2) is 6.06. The largest absolute Gasteiger partial charge is 0.390 e. The molecule has 0 spiro atoms. The minimum atomic E-state index is -0.757. The first-order valence-corrected chi connectivity index (χ1v) is 8.55. The standard InChI is InChI=1S/C16H10BrF2N3O2S/c17-8-3-4-9(10(18)5-8)13-14(19)22-12(7-1-2-7)6-11(15(23)24-25)20-16(22)21-13/h3-7,25H,1-2H2. The third-order valence-electron chi connectivity index (χ3n) is 4.04. The lowest BCUT2D eigenvalue weighted by molar-refractivity contribution is 0.0766. The van der Waals surface area contributed by atoms with Crippen LogP contribution in [0.4, 0.5) is 8.78 Å². The Morgan fingerprint density at radius 1 is 1.28 bits per heavy atom. The van der Waals surface area contributed by atoms with Gasteiger partial charge in [-0.05, 0) is 43.0 Å². The molecule has 128 valence electrons. The molecule has 1 fully saturated rings. The summed E-state index contributed by atoms with van der Waals surface area (Å²) in [5.41, 5.74) is 0.409. The molecule has 4 rings (SSSR count). The molecule has 1 aliphatic carbocycles. The summed E-state index contributed by atoms with van der Waals surface area (Å²) < 4.78 is 35.4. The third-order valence-corrected chi connectivity index (χ3v) is 4.70. The highest BCUT2D eigenvalue weighted by molar-refractivity contribution is 9.10. The van der Waals surface area contributed by atoms with E-state index in [9.17, 15) is 9.18 Å². The molecule has 1 saturated carbocycles. The SMILES string of the molecule is O=C(OS)c1cc(C2CC2)n2c(F)c(-c3ccc(Br)cc3F)nc2n1. The van der Waals surface area contributed by atoms with E-state index < -0.39 is 17.7 Å². The minimum absolute atomic E-state index is 0.0165. The van der Waals surface area contributed by atoms with Crippen molar-refractivity contribution in [3.05, 3.63) is 51.9 Å². The normalized spacial score (nSPS) is 14.1. The summed E-state index contributed by atoms with van der Waals surface area (Å²) in [5, 5.41) is 0. The molecule has 0 unspecified atom stereocenters. The van der Waals surface area contributed by atoms with Crippen LogP contribution in [0.2, 0.25) is 0 Å². The van der Waals surface area contributed by atoms with Crippen molar-refractivity contribution >= 4 is 40.6 Å². The summed E-state index contributed by atoms with van der Waals surface area (Å²) in [5.74, 6) is -2.00. The van der Waals surface area contributed by atoms with E-state index in [1.807, 2.05) is 0 Å². The Hall–Kier alpha value is -2.00. The van der Waals surface area contributed by atoms with Crippen molar-refractivity contribution in [1.29, 1.82) is 0 Å². The van der Waals surface area contributed by atoms with Gasteiger partial charge in [0.1, 0.15) is 11.5 Å². The zero-order valence-corrected chi connectivity index (χ0v) is 15.0. The summed E-state index contributed by atoms with van der Waals surface area (Å²) in [6.45, 7) is 0. The van der Waals surface area contributed by atoms with Gasteiger partial charge in [-0.15, -0.1) is 0 Å². The molecule has 1 aromatic carbocycles. The number of benzene rings is 1. The van der Waals surface area contributed by atoms with Crippen LogP contribution in [-0.4, -0.2) is 20.3 Å². The number of thiol groups is 1. The smallest absolute Gasteiger partial charge is 0.368 e. The number of halogens is 3. The Morgan fingerprint density at radius 2 is 2.04 bits per heavy atom. The predicted molar refractivity (Wildman–Crippen MR) is 92.4 cm³/mol. The van der Waals surface area contributed by atoms with Crippen molar-refractivity contribution in [2.24, 2.45) is 0 Å². The first kappa shape index (κ1) is 16.5. The van der Waals surface area contributed by atoms with Crippen LogP contribution in [-0.2, 0) is 4.18 Å². The second-order valence-electron chi connectivity index (χ2n) is 5.73. The van der Waals surface area contributed by atoms with Gasteiger partial charge in [-0.25, -0.2) is 19.2 Å². The molecule has 0 amide bonds. The van der Waals surface area contributed by atoms with Crippen LogP contribution in [0, 0.1) is 11.8 Å². The molecular weight excluding hydrogens is 416 g/mol. The van der Waals surface area contributed by atoms with E-state index in [1.165, 1.54) is 22.6 Å². The number of fused-ring (bicyclic) bond motifs is 1. The van der Waals surface area contributed by atoms with Crippen molar-refractivity contribution in [1.82, 2.24) is 14.4 Å². The molecule has 2 heterocycles. The fourth-order valence-corrected chi connectivity index (χ4v) is 3.15. The van der Waals surface area contributed by atoms with E-state index in [2.05, 4.69) is 43.0 Å². The molecule has 0 radical (unpaired) electrons. The van der Waals surface area contributed by atoms with E-state index in [4.69, 9.17) is 0 Å². The Kier molecular flexibility index (Phi) is 3.99. The number of rotatable bonds is 3. The first-order chi connectivity index (χ1) is 12.0. The van der Waals surface area contributed by atoms with E-state index >= 15 is 4.39 Å². The monoisotopic (exact) mass is 425 g/mol. The second-order valence-corrected chi connectivity index (χ2v) is 6.83. The quantitative estimate of drug-likeness (QED) is 0.501. The molecule has 2 aromatic heterocycles. The van der Waals surface area contributed by atoms with Crippen LogP contribution in [0.3, 0.4) is 0 Å². The van der Waals surface area contributed by atoms with Gasteiger partial charge < -0.3 is 4.18 Å². The Balaban J connectivity index is 1.97. The molecule has 25 heavy (non-hydrogen) atoms. The molecule has 1 aliphatic rings. The molecule has 0 N–H and O–H groups in total. The average Bonchev–Trinajstić information content (AvgIpc) is 3.38. The van der Waals surface area contributed by atoms with Crippen LogP contribution >= 0.6 is 28.8 Å². The maximum Gasteiger partial charge on any atom is 0.368 e. The van der Waals surface area contributed by atoms with Crippen molar-refractivity contribution < 1.29 is 17.8 Å². The number of imidazole rings is 1. The number of carbonyl (C=O) groups excluding carboxylic acids is 1. The van der Waals surface area contributed by atoms with Gasteiger partial charge in [0.05, 0.1) is 0 Å². The lowest BCUT2D eigenvalue weighted by atomic mass is 10.1. The van der Waals surface area contributed by atoms with Crippen LogP contribution < -0.4 is 0 Å². The van der Waals surface area contributed by atoms with Gasteiger partial charge in [0.25, 0.3) is 0 Å². The highest BCUT2D eigenvalue weighted by Crippen LogP contribution is 2.41. The van der Waals surface area contributed by atoms with E-state index in [0.717, 1.165) is 12.8 Å². The van der Waals surface area contributed by atoms with Crippen LogP contribution in [0.15, 0.2) is 28.7 Å². The fraction of sp³-hybridized carbons (Fsp3) is 0.188. The van der Waals surface area contributed by atoms with Gasteiger partial charge in [-0.1, -0.05) is 15.9 Å². The highest BCUT2D eigenvalue weighted by atomic mass is 79.9. The van der Waals surface area contributed by atoms with E-state index in [1.54, 1.807) is 6.07 Å². The number of nitrogens with zero attached hydrogens (tertiary/aromatic N) is 3.